The summed E-state index contributed by atoms with van der Waals surface area (Å²) in [6.45, 7) is 1.10. The molecule has 0 aromatic rings. The average molecular weight is 371 g/mol. The lowest BCUT2D eigenvalue weighted by Crippen LogP contribution is -2.05. The Labute approximate surface area is 162 Å². The molecular formula is C22H44NO3-. The minimum absolute atomic E-state index is 0.247. The van der Waals surface area contributed by atoms with Gasteiger partial charge in [0.25, 0.3) is 0 Å². The van der Waals surface area contributed by atoms with Crippen LogP contribution in [0.25, 0.3) is 0 Å². The number of nitrogens with one attached hydrogen (secondary N) is 1. The Bertz CT molecular complexity index is 279. The second-order valence-corrected chi connectivity index (χ2v) is 7.51. The quantitative estimate of drug-likeness (QED) is 0.142. The molecule has 0 spiro atoms. The summed E-state index contributed by atoms with van der Waals surface area (Å²) in [5.74, 6) is 0.503. The van der Waals surface area contributed by atoms with Crippen molar-refractivity contribution in [1.82, 2.24) is 5.48 Å². The number of allylic oxidation sites excluding steroid dienone is 2. The summed E-state index contributed by atoms with van der Waals surface area (Å²) in [5.41, 5.74) is 1.96. The molecule has 0 saturated heterocycles. The van der Waals surface area contributed by atoms with E-state index in [1.54, 1.807) is 0 Å². The van der Waals surface area contributed by atoms with Crippen LogP contribution in [0.15, 0.2) is 12.2 Å². The molecule has 3 N–H and O–H groups in total. The van der Waals surface area contributed by atoms with E-state index in [2.05, 4.69) is 12.2 Å². The van der Waals surface area contributed by atoms with Crippen LogP contribution >= 0.6 is 0 Å². The van der Waals surface area contributed by atoms with Gasteiger partial charge in [-0.3, -0.25) is 0 Å². The molecule has 0 bridgehead atoms. The number of hydrogen-bond donors (Lipinski definition) is 3. The Morgan fingerprint density at radius 1 is 0.615 bits per heavy atom. The lowest BCUT2D eigenvalue weighted by atomic mass is 9.95. The number of hydrogen-bond acceptors (Lipinski definition) is 4. The van der Waals surface area contributed by atoms with Crippen molar-refractivity contribution in [3.05, 3.63) is 17.4 Å². The van der Waals surface area contributed by atoms with E-state index in [9.17, 15) is 5.21 Å². The lowest BCUT2D eigenvalue weighted by Gasteiger charge is -2.13. The van der Waals surface area contributed by atoms with Crippen molar-refractivity contribution in [3.63, 3.8) is 0 Å². The smallest absolute Gasteiger partial charge is 0.0433 e. The predicted molar refractivity (Wildman–Crippen MR) is 112 cm³/mol. The Hall–Kier alpha value is -0.420. The maximum Gasteiger partial charge on any atom is 0.0433 e. The molecule has 0 aliphatic carbocycles. The fraction of sp³-hybridized carbons (Fsp3) is 0.909. The fourth-order valence-electron chi connectivity index (χ4n) is 3.43. The average Bonchev–Trinajstić information content (AvgIpc) is 2.64. The van der Waals surface area contributed by atoms with Crippen molar-refractivity contribution in [3.8, 4) is 0 Å². The third-order valence-electron chi connectivity index (χ3n) is 5.12. The van der Waals surface area contributed by atoms with Crippen LogP contribution in [-0.2, 0) is 0 Å². The van der Waals surface area contributed by atoms with E-state index in [0.717, 1.165) is 25.7 Å². The van der Waals surface area contributed by atoms with Gasteiger partial charge < -0.3 is 20.9 Å². The van der Waals surface area contributed by atoms with Crippen LogP contribution in [0.4, 0.5) is 0 Å². The van der Waals surface area contributed by atoms with E-state index in [4.69, 9.17) is 10.2 Å². The molecule has 4 heteroatoms. The second kappa shape index (κ2) is 22.6. The minimum Gasteiger partial charge on any atom is -0.788 e. The highest BCUT2D eigenvalue weighted by molar-refractivity contribution is 4.81. The van der Waals surface area contributed by atoms with E-state index < -0.39 is 0 Å². The van der Waals surface area contributed by atoms with E-state index in [0.29, 0.717) is 12.5 Å². The molecule has 0 heterocycles. The zero-order valence-corrected chi connectivity index (χ0v) is 17.0. The number of rotatable bonds is 21. The van der Waals surface area contributed by atoms with Crippen molar-refractivity contribution >= 4 is 0 Å². The largest absolute Gasteiger partial charge is 0.788 e. The first-order chi connectivity index (χ1) is 12.8. The van der Waals surface area contributed by atoms with Crippen molar-refractivity contribution in [2.75, 3.05) is 19.8 Å². The standard InChI is InChI=1S/C22H44NO3/c24-20-17-22(18-21-25)16-14-12-10-8-6-4-2-1-3-5-7-9-11-13-15-19-23-26/h1-2,22-25H,3-21H2/q-1/b2-1-. The summed E-state index contributed by atoms with van der Waals surface area (Å²) < 4.78 is 0. The first kappa shape index (κ1) is 25.6. The first-order valence-corrected chi connectivity index (χ1v) is 11.1. The molecule has 0 aromatic carbocycles. The summed E-state index contributed by atoms with van der Waals surface area (Å²) in [5, 5.41) is 28.1. The highest BCUT2D eigenvalue weighted by Crippen LogP contribution is 2.18. The monoisotopic (exact) mass is 370 g/mol. The highest BCUT2D eigenvalue weighted by Gasteiger charge is 2.06. The Morgan fingerprint density at radius 2 is 1.08 bits per heavy atom. The minimum atomic E-state index is 0.247. The molecule has 0 aliphatic heterocycles. The van der Waals surface area contributed by atoms with E-state index >= 15 is 0 Å². The SMILES string of the molecule is [O-]NCCCCCCCC/C=C\CCCCCCCC(CCO)CCO. The lowest BCUT2D eigenvalue weighted by molar-refractivity contribution is 0.207. The van der Waals surface area contributed by atoms with Crippen LogP contribution in [0.5, 0.6) is 0 Å². The van der Waals surface area contributed by atoms with Gasteiger partial charge in [0, 0.05) is 13.2 Å². The Balaban J connectivity index is 3.23. The van der Waals surface area contributed by atoms with Gasteiger partial charge in [-0.2, -0.15) is 0 Å². The van der Waals surface area contributed by atoms with Gasteiger partial charge in [0.15, 0.2) is 0 Å². The molecular weight excluding hydrogens is 326 g/mol. The van der Waals surface area contributed by atoms with Crippen LogP contribution in [0.3, 0.4) is 0 Å². The normalized spacial score (nSPS) is 11.8. The summed E-state index contributed by atoms with van der Waals surface area (Å²) >= 11 is 0. The van der Waals surface area contributed by atoms with Gasteiger partial charge in [0.1, 0.15) is 0 Å². The van der Waals surface area contributed by atoms with Crippen molar-refractivity contribution in [2.24, 2.45) is 5.92 Å². The summed E-state index contributed by atoms with van der Waals surface area (Å²) in [7, 11) is 0. The molecule has 0 atom stereocenters. The highest BCUT2D eigenvalue weighted by atomic mass is 16.5. The molecule has 0 amide bonds. The second-order valence-electron chi connectivity index (χ2n) is 7.51. The van der Waals surface area contributed by atoms with Gasteiger partial charge >= 0.3 is 0 Å². The molecule has 0 saturated carbocycles. The number of hydroxylamine groups is 1. The van der Waals surface area contributed by atoms with Crippen molar-refractivity contribution in [2.45, 2.75) is 103 Å². The van der Waals surface area contributed by atoms with Crippen LogP contribution in [-0.4, -0.2) is 30.0 Å². The molecule has 0 aromatic heterocycles. The summed E-state index contributed by atoms with van der Waals surface area (Å²) in [6, 6.07) is 0. The van der Waals surface area contributed by atoms with Gasteiger partial charge in [-0.1, -0.05) is 69.9 Å². The maximum absolute atomic E-state index is 10.1. The Kier molecular flexibility index (Phi) is 22.3. The van der Waals surface area contributed by atoms with Gasteiger partial charge in [-0.15, -0.1) is 0 Å². The van der Waals surface area contributed by atoms with Gasteiger partial charge in [0.2, 0.25) is 0 Å². The molecule has 0 rings (SSSR count). The van der Waals surface area contributed by atoms with Gasteiger partial charge in [-0.05, 0) is 57.4 Å². The van der Waals surface area contributed by atoms with Gasteiger partial charge in [-0.25, -0.2) is 0 Å². The fourth-order valence-corrected chi connectivity index (χ4v) is 3.43. The molecule has 0 unspecified atom stereocenters. The first-order valence-electron chi connectivity index (χ1n) is 11.1. The third-order valence-corrected chi connectivity index (χ3v) is 5.12. The molecule has 0 aliphatic rings. The molecule has 156 valence electrons. The van der Waals surface area contributed by atoms with E-state index in [1.807, 2.05) is 5.48 Å². The number of aliphatic hydroxyl groups excluding tert-OH is 2. The number of unbranched alkanes of at least 4 members (excludes halogenated alkanes) is 11. The third kappa shape index (κ3) is 19.9. The van der Waals surface area contributed by atoms with E-state index in [1.165, 1.54) is 77.0 Å². The molecule has 0 radical (unpaired) electrons. The van der Waals surface area contributed by atoms with Crippen LogP contribution in [0.2, 0.25) is 0 Å². The van der Waals surface area contributed by atoms with Crippen LogP contribution in [0.1, 0.15) is 103 Å². The van der Waals surface area contributed by atoms with E-state index in [-0.39, 0.29) is 13.2 Å². The van der Waals surface area contributed by atoms with Crippen molar-refractivity contribution < 1.29 is 10.2 Å². The topological polar surface area (TPSA) is 75.5 Å². The van der Waals surface area contributed by atoms with Crippen LogP contribution < -0.4 is 5.48 Å². The van der Waals surface area contributed by atoms with Gasteiger partial charge in [0.05, 0.1) is 0 Å². The molecule has 26 heavy (non-hydrogen) atoms. The molecule has 4 nitrogen and oxygen atoms in total. The predicted octanol–water partition coefficient (Wildman–Crippen LogP) is 5.47. The van der Waals surface area contributed by atoms with Crippen LogP contribution in [0, 0.1) is 11.1 Å². The zero-order valence-electron chi connectivity index (χ0n) is 17.0. The zero-order chi connectivity index (χ0) is 19.1. The summed E-state index contributed by atoms with van der Waals surface area (Å²) in [6.07, 6.45) is 23.7. The maximum atomic E-state index is 10.1. The number of aliphatic hydroxyl groups is 2. The molecule has 0 fully saturated rings. The Morgan fingerprint density at radius 3 is 1.58 bits per heavy atom. The summed E-state index contributed by atoms with van der Waals surface area (Å²) in [4.78, 5) is 0. The van der Waals surface area contributed by atoms with Crippen molar-refractivity contribution in [1.29, 1.82) is 0 Å².